The van der Waals surface area contributed by atoms with Crippen molar-refractivity contribution in [2.75, 3.05) is 14.2 Å². The van der Waals surface area contributed by atoms with E-state index in [1.54, 1.807) is 49.2 Å². The summed E-state index contributed by atoms with van der Waals surface area (Å²) in [4.78, 5) is 0.173. The Kier molecular flexibility index (Phi) is 7.26. The minimum Gasteiger partial charge on any atom is -0.493 e. The number of nitrogens with zero attached hydrogens (tertiary/aromatic N) is 4. The van der Waals surface area contributed by atoms with Crippen molar-refractivity contribution in [1.29, 1.82) is 0 Å². The second-order valence-electron chi connectivity index (χ2n) is 10.0. The Morgan fingerprint density at radius 3 is 2.12 bits per heavy atom. The minimum absolute atomic E-state index is 0.173. The van der Waals surface area contributed by atoms with Gasteiger partial charge in [-0.25, -0.2) is 4.68 Å². The molecule has 1 atom stereocenters. The summed E-state index contributed by atoms with van der Waals surface area (Å²) in [6.07, 6.45) is 2.24. The van der Waals surface area contributed by atoms with Gasteiger partial charge >= 0.3 is 0 Å². The monoisotopic (exact) mass is 578 g/mol. The van der Waals surface area contributed by atoms with Crippen LogP contribution in [0.5, 0.6) is 11.5 Å². The molecule has 0 spiro atoms. The van der Waals surface area contributed by atoms with E-state index in [9.17, 15) is 8.42 Å². The topological polar surface area (TPSA) is 86.0 Å². The van der Waals surface area contributed by atoms with Crippen molar-refractivity contribution in [1.82, 2.24) is 14.2 Å². The highest BCUT2D eigenvalue weighted by atomic mass is 32.2. The van der Waals surface area contributed by atoms with Gasteiger partial charge in [0.05, 0.1) is 42.2 Å². The lowest BCUT2D eigenvalue weighted by atomic mass is 9.97. The molecular formula is C33H30N4O4S. The number of hydrogen-bond donors (Lipinski definition) is 0. The van der Waals surface area contributed by atoms with E-state index in [2.05, 4.69) is 0 Å². The van der Waals surface area contributed by atoms with Gasteiger partial charge in [0.2, 0.25) is 0 Å². The smallest absolute Gasteiger partial charge is 0.279 e. The van der Waals surface area contributed by atoms with Gasteiger partial charge in [0.25, 0.3) is 10.0 Å². The molecule has 212 valence electrons. The molecule has 0 bridgehead atoms. The zero-order chi connectivity index (χ0) is 29.3. The van der Waals surface area contributed by atoms with Crippen molar-refractivity contribution in [2.24, 2.45) is 5.10 Å². The summed E-state index contributed by atoms with van der Waals surface area (Å²) in [5.74, 6) is 1.12. The largest absolute Gasteiger partial charge is 0.493 e. The van der Waals surface area contributed by atoms with E-state index in [-0.39, 0.29) is 4.90 Å². The van der Waals surface area contributed by atoms with Crippen molar-refractivity contribution in [3.8, 4) is 28.4 Å². The third kappa shape index (κ3) is 5.03. The molecule has 0 N–H and O–H groups in total. The van der Waals surface area contributed by atoms with Crippen molar-refractivity contribution in [3.05, 3.63) is 126 Å². The molecule has 6 rings (SSSR count). The maximum Gasteiger partial charge on any atom is 0.279 e. The average molecular weight is 579 g/mol. The van der Waals surface area contributed by atoms with E-state index >= 15 is 0 Å². The average Bonchev–Trinajstić information content (AvgIpc) is 3.68. The Morgan fingerprint density at radius 1 is 0.786 bits per heavy atom. The Balaban J connectivity index is 1.52. The van der Waals surface area contributed by atoms with Gasteiger partial charge in [0.1, 0.15) is 0 Å². The molecule has 0 saturated heterocycles. The van der Waals surface area contributed by atoms with E-state index in [4.69, 9.17) is 19.7 Å². The normalized spacial score (nSPS) is 15.0. The van der Waals surface area contributed by atoms with Crippen LogP contribution in [0.4, 0.5) is 0 Å². The quantitative estimate of drug-likeness (QED) is 0.213. The van der Waals surface area contributed by atoms with Gasteiger partial charge in [-0.2, -0.15) is 23.0 Å². The van der Waals surface area contributed by atoms with E-state index < -0.39 is 16.1 Å². The number of rotatable bonds is 8. The molecule has 1 aliphatic rings. The van der Waals surface area contributed by atoms with Gasteiger partial charge in [-0.15, -0.1) is 0 Å². The Morgan fingerprint density at radius 2 is 1.45 bits per heavy atom. The molecule has 0 fully saturated rings. The van der Waals surface area contributed by atoms with Crippen molar-refractivity contribution in [3.63, 3.8) is 0 Å². The molecule has 1 aromatic heterocycles. The molecule has 8 nitrogen and oxygen atoms in total. The molecule has 1 unspecified atom stereocenters. The Labute approximate surface area is 245 Å². The minimum atomic E-state index is -4.02. The summed E-state index contributed by atoms with van der Waals surface area (Å²) in [7, 11) is -0.880. The molecule has 2 heterocycles. The number of benzene rings is 4. The van der Waals surface area contributed by atoms with Crippen molar-refractivity contribution >= 4 is 15.7 Å². The standard InChI is InChI=1S/C33H30N4O4S/c1-23-14-17-27(18-15-23)42(38,39)37-30(21-29(34-37)25-16-19-31(40-2)32(20-25)41-3)28-22-36(26-12-8-5-9-13-26)35-33(28)24-10-6-4-7-11-24/h4-20,22,30H,21H2,1-3H3. The van der Waals surface area contributed by atoms with Crippen LogP contribution in [0.25, 0.3) is 16.9 Å². The number of aromatic nitrogens is 2. The van der Waals surface area contributed by atoms with E-state index in [0.717, 1.165) is 27.9 Å². The molecule has 4 aromatic carbocycles. The molecular weight excluding hydrogens is 548 g/mol. The summed E-state index contributed by atoms with van der Waals surface area (Å²) >= 11 is 0. The second-order valence-corrected chi connectivity index (χ2v) is 11.8. The Hall–Kier alpha value is -4.89. The third-order valence-corrected chi connectivity index (χ3v) is 9.02. The molecule has 0 aliphatic carbocycles. The van der Waals surface area contributed by atoms with Crippen LogP contribution in [-0.4, -0.2) is 42.5 Å². The van der Waals surface area contributed by atoms with Gasteiger partial charge in [-0.05, 0) is 49.4 Å². The fraction of sp³-hybridized carbons (Fsp3) is 0.152. The summed E-state index contributed by atoms with van der Waals surface area (Å²) in [5.41, 5.74) is 5.52. The number of aryl methyl sites for hydroxylation is 1. The van der Waals surface area contributed by atoms with E-state index in [0.29, 0.717) is 29.3 Å². The van der Waals surface area contributed by atoms with Crippen LogP contribution in [0, 0.1) is 6.92 Å². The first-order valence-corrected chi connectivity index (χ1v) is 14.9. The summed E-state index contributed by atoms with van der Waals surface area (Å²) in [6.45, 7) is 1.92. The molecule has 9 heteroatoms. The lowest BCUT2D eigenvalue weighted by Crippen LogP contribution is -2.27. The maximum atomic E-state index is 14.2. The molecule has 0 saturated carbocycles. The van der Waals surface area contributed by atoms with Crippen LogP contribution < -0.4 is 9.47 Å². The first-order chi connectivity index (χ1) is 20.4. The van der Waals surface area contributed by atoms with Crippen LogP contribution in [0.1, 0.15) is 29.2 Å². The first-order valence-electron chi connectivity index (χ1n) is 13.5. The van der Waals surface area contributed by atoms with E-state index in [1.165, 1.54) is 4.41 Å². The zero-order valence-corrected chi connectivity index (χ0v) is 24.3. The van der Waals surface area contributed by atoms with Gasteiger partial charge < -0.3 is 9.47 Å². The first kappa shape index (κ1) is 27.3. The number of methoxy groups -OCH3 is 2. The SMILES string of the molecule is COc1ccc(C2=NN(S(=O)(=O)c3ccc(C)cc3)C(c3cn(-c4ccccc4)nc3-c3ccccc3)C2)cc1OC. The van der Waals surface area contributed by atoms with Gasteiger partial charge in [0.15, 0.2) is 11.5 Å². The molecule has 5 aromatic rings. The number of para-hydroxylation sites is 1. The highest BCUT2D eigenvalue weighted by Crippen LogP contribution is 2.42. The lowest BCUT2D eigenvalue weighted by molar-refractivity contribution is 0.355. The highest BCUT2D eigenvalue weighted by molar-refractivity contribution is 7.89. The van der Waals surface area contributed by atoms with Crippen molar-refractivity contribution in [2.45, 2.75) is 24.3 Å². The fourth-order valence-electron chi connectivity index (χ4n) is 5.11. The van der Waals surface area contributed by atoms with Crippen LogP contribution >= 0.6 is 0 Å². The number of hydrazone groups is 1. The lowest BCUT2D eigenvalue weighted by Gasteiger charge is -2.23. The summed E-state index contributed by atoms with van der Waals surface area (Å²) in [6, 6.07) is 31.2. The van der Waals surface area contributed by atoms with E-state index in [1.807, 2.05) is 85.9 Å². The number of hydrogen-bond acceptors (Lipinski definition) is 6. The second kappa shape index (κ2) is 11.2. The molecule has 0 radical (unpaired) electrons. The summed E-state index contributed by atoms with van der Waals surface area (Å²) in [5, 5.41) is 9.71. The van der Waals surface area contributed by atoms with Crippen LogP contribution in [0.2, 0.25) is 0 Å². The summed E-state index contributed by atoms with van der Waals surface area (Å²) < 4.78 is 42.4. The molecule has 0 amide bonds. The van der Waals surface area contributed by atoms with Gasteiger partial charge in [-0.1, -0.05) is 66.2 Å². The number of sulfonamides is 1. The van der Waals surface area contributed by atoms with Crippen molar-refractivity contribution < 1.29 is 17.9 Å². The fourth-order valence-corrected chi connectivity index (χ4v) is 6.54. The predicted octanol–water partition coefficient (Wildman–Crippen LogP) is 6.40. The maximum absolute atomic E-state index is 14.2. The van der Waals surface area contributed by atoms with Crippen LogP contribution in [0.15, 0.2) is 119 Å². The molecule has 1 aliphatic heterocycles. The number of ether oxygens (including phenoxy) is 2. The van der Waals surface area contributed by atoms with Gasteiger partial charge in [0, 0.05) is 29.3 Å². The van der Waals surface area contributed by atoms with Crippen LogP contribution in [0.3, 0.4) is 0 Å². The Bertz CT molecular complexity index is 1850. The molecule has 42 heavy (non-hydrogen) atoms. The van der Waals surface area contributed by atoms with Crippen LogP contribution in [-0.2, 0) is 10.0 Å². The zero-order valence-electron chi connectivity index (χ0n) is 23.5. The van der Waals surface area contributed by atoms with Gasteiger partial charge in [-0.3, -0.25) is 0 Å². The predicted molar refractivity (Wildman–Crippen MR) is 163 cm³/mol. The highest BCUT2D eigenvalue weighted by Gasteiger charge is 2.40. The third-order valence-electron chi connectivity index (χ3n) is 7.32.